The molecule has 0 aromatic heterocycles. The number of hydrogen-bond donors (Lipinski definition) is 3. The van der Waals surface area contributed by atoms with Gasteiger partial charge in [-0.25, -0.2) is 0 Å². The van der Waals surface area contributed by atoms with Crippen LogP contribution in [0.3, 0.4) is 0 Å². The summed E-state index contributed by atoms with van der Waals surface area (Å²) in [5.41, 5.74) is 1.02. The van der Waals surface area contributed by atoms with Crippen molar-refractivity contribution in [3.63, 3.8) is 0 Å². The number of hydrogen-bond acceptors (Lipinski definition) is 3. The molecule has 0 spiro atoms. The van der Waals surface area contributed by atoms with E-state index in [1.807, 2.05) is 6.07 Å². The van der Waals surface area contributed by atoms with Crippen LogP contribution in [0.2, 0.25) is 0 Å². The van der Waals surface area contributed by atoms with Crippen LogP contribution in [0.25, 0.3) is 0 Å². The Labute approximate surface area is 84.4 Å². The molecule has 0 fully saturated rings. The van der Waals surface area contributed by atoms with Gasteiger partial charge in [0.2, 0.25) is 0 Å². The van der Waals surface area contributed by atoms with E-state index in [0.29, 0.717) is 6.04 Å². The summed E-state index contributed by atoms with van der Waals surface area (Å²) in [5, 5.41) is 21.6. The molecule has 0 bridgehead atoms. The molecule has 14 heavy (non-hydrogen) atoms. The van der Waals surface area contributed by atoms with Gasteiger partial charge in [-0.15, -0.1) is 0 Å². The normalized spacial score (nSPS) is 10.8. The largest absolute Gasteiger partial charge is 0.504 e. The van der Waals surface area contributed by atoms with Crippen LogP contribution in [0.15, 0.2) is 18.2 Å². The Hall–Kier alpha value is -1.22. The molecule has 0 saturated carbocycles. The van der Waals surface area contributed by atoms with Crippen molar-refractivity contribution in [3.8, 4) is 11.5 Å². The van der Waals surface area contributed by atoms with Crippen molar-refractivity contribution >= 4 is 0 Å². The van der Waals surface area contributed by atoms with E-state index in [2.05, 4.69) is 19.2 Å². The molecule has 1 rings (SSSR count). The van der Waals surface area contributed by atoms with Gasteiger partial charge in [0.15, 0.2) is 11.5 Å². The van der Waals surface area contributed by atoms with Crippen molar-refractivity contribution < 1.29 is 10.2 Å². The number of aromatic hydroxyl groups is 2. The summed E-state index contributed by atoms with van der Waals surface area (Å²) in [4.78, 5) is 0. The minimum absolute atomic E-state index is 0.0490. The number of phenolic OH excluding ortho intramolecular Hbond substituents is 2. The number of phenols is 2. The first-order chi connectivity index (χ1) is 6.59. The summed E-state index contributed by atoms with van der Waals surface area (Å²) in [6, 6.07) is 5.40. The molecule has 1 aromatic carbocycles. The Bertz CT molecular complexity index is 297. The lowest BCUT2D eigenvalue weighted by atomic mass is 10.1. The molecule has 0 amide bonds. The predicted molar refractivity (Wildman–Crippen MR) is 56.6 cm³/mol. The van der Waals surface area contributed by atoms with Gasteiger partial charge < -0.3 is 15.5 Å². The van der Waals surface area contributed by atoms with Gasteiger partial charge in [-0.1, -0.05) is 19.9 Å². The number of rotatable bonds is 4. The molecule has 3 N–H and O–H groups in total. The van der Waals surface area contributed by atoms with Gasteiger partial charge >= 0.3 is 0 Å². The number of benzene rings is 1. The van der Waals surface area contributed by atoms with Crippen LogP contribution >= 0.6 is 0 Å². The Morgan fingerprint density at radius 1 is 1.21 bits per heavy atom. The minimum atomic E-state index is -0.0643. The molecule has 3 nitrogen and oxygen atoms in total. The fourth-order valence-corrected chi connectivity index (χ4v) is 1.23. The molecule has 0 saturated heterocycles. The van der Waals surface area contributed by atoms with Crippen molar-refractivity contribution in [1.29, 1.82) is 0 Å². The Morgan fingerprint density at radius 2 is 1.93 bits per heavy atom. The highest BCUT2D eigenvalue weighted by molar-refractivity contribution is 5.40. The highest BCUT2D eigenvalue weighted by Gasteiger charge is 2.00. The lowest BCUT2D eigenvalue weighted by molar-refractivity contribution is 0.403. The maximum absolute atomic E-state index is 9.24. The fraction of sp³-hybridized carbons (Fsp3) is 0.455. The quantitative estimate of drug-likeness (QED) is 0.640. The Kier molecular flexibility index (Phi) is 3.77. The zero-order valence-electron chi connectivity index (χ0n) is 8.62. The highest BCUT2D eigenvalue weighted by atomic mass is 16.3. The third-order valence-corrected chi connectivity index (χ3v) is 2.01. The first-order valence-electron chi connectivity index (χ1n) is 4.84. The van der Waals surface area contributed by atoms with E-state index < -0.39 is 0 Å². The van der Waals surface area contributed by atoms with Crippen LogP contribution in [0.5, 0.6) is 11.5 Å². The van der Waals surface area contributed by atoms with Crippen molar-refractivity contribution in [2.24, 2.45) is 0 Å². The average molecular weight is 195 g/mol. The predicted octanol–water partition coefficient (Wildman–Crippen LogP) is 1.64. The average Bonchev–Trinajstić information content (AvgIpc) is 2.10. The molecule has 1 aromatic rings. The molecule has 0 unspecified atom stereocenters. The Morgan fingerprint density at radius 3 is 2.50 bits per heavy atom. The number of nitrogens with one attached hydrogen (secondary N) is 1. The summed E-state index contributed by atoms with van der Waals surface area (Å²) >= 11 is 0. The van der Waals surface area contributed by atoms with E-state index in [4.69, 9.17) is 5.11 Å². The second-order valence-corrected chi connectivity index (χ2v) is 3.68. The van der Waals surface area contributed by atoms with Crippen molar-refractivity contribution in [2.75, 3.05) is 6.54 Å². The summed E-state index contributed by atoms with van der Waals surface area (Å²) in [7, 11) is 0. The standard InChI is InChI=1S/C11H17NO2/c1-8(2)12-6-5-9-3-4-10(13)11(14)7-9/h3-4,7-8,12-14H,5-6H2,1-2H3. The van der Waals surface area contributed by atoms with Gasteiger partial charge in [-0.3, -0.25) is 0 Å². The molecule has 0 heterocycles. The zero-order chi connectivity index (χ0) is 10.6. The lowest BCUT2D eigenvalue weighted by Gasteiger charge is -2.08. The molecular weight excluding hydrogens is 178 g/mol. The molecule has 0 radical (unpaired) electrons. The van der Waals surface area contributed by atoms with Gasteiger partial charge in [-0.05, 0) is 30.7 Å². The van der Waals surface area contributed by atoms with Gasteiger partial charge in [0.25, 0.3) is 0 Å². The van der Waals surface area contributed by atoms with Gasteiger partial charge in [0.05, 0.1) is 0 Å². The first-order valence-corrected chi connectivity index (χ1v) is 4.84. The van der Waals surface area contributed by atoms with Crippen LogP contribution in [0, 0.1) is 0 Å². The molecule has 0 aliphatic rings. The summed E-state index contributed by atoms with van der Waals surface area (Å²) in [6.45, 7) is 5.06. The van der Waals surface area contributed by atoms with E-state index in [1.54, 1.807) is 6.07 Å². The molecule has 0 aliphatic heterocycles. The smallest absolute Gasteiger partial charge is 0.157 e. The third kappa shape index (κ3) is 3.26. The van der Waals surface area contributed by atoms with Crippen molar-refractivity contribution in [3.05, 3.63) is 23.8 Å². The van der Waals surface area contributed by atoms with E-state index in [9.17, 15) is 5.11 Å². The van der Waals surface area contributed by atoms with Crippen LogP contribution in [-0.4, -0.2) is 22.8 Å². The summed E-state index contributed by atoms with van der Waals surface area (Å²) in [6.07, 6.45) is 0.853. The third-order valence-electron chi connectivity index (χ3n) is 2.01. The Balaban J connectivity index is 2.47. The van der Waals surface area contributed by atoms with Crippen LogP contribution < -0.4 is 5.32 Å². The highest BCUT2D eigenvalue weighted by Crippen LogP contribution is 2.24. The van der Waals surface area contributed by atoms with Crippen LogP contribution in [-0.2, 0) is 6.42 Å². The SMILES string of the molecule is CC(C)NCCc1ccc(O)c(O)c1. The zero-order valence-corrected chi connectivity index (χ0v) is 8.62. The maximum Gasteiger partial charge on any atom is 0.157 e. The van der Waals surface area contributed by atoms with Gasteiger partial charge in [0, 0.05) is 6.04 Å². The summed E-state index contributed by atoms with van der Waals surface area (Å²) < 4.78 is 0. The van der Waals surface area contributed by atoms with Gasteiger partial charge in [-0.2, -0.15) is 0 Å². The van der Waals surface area contributed by atoms with E-state index in [-0.39, 0.29) is 11.5 Å². The monoisotopic (exact) mass is 195 g/mol. The van der Waals surface area contributed by atoms with Crippen LogP contribution in [0.4, 0.5) is 0 Å². The second kappa shape index (κ2) is 4.86. The maximum atomic E-state index is 9.24. The van der Waals surface area contributed by atoms with E-state index in [0.717, 1.165) is 18.5 Å². The second-order valence-electron chi connectivity index (χ2n) is 3.68. The van der Waals surface area contributed by atoms with Crippen molar-refractivity contribution in [2.45, 2.75) is 26.3 Å². The fourth-order valence-electron chi connectivity index (χ4n) is 1.23. The first kappa shape index (κ1) is 10.9. The lowest BCUT2D eigenvalue weighted by Crippen LogP contribution is -2.24. The summed E-state index contributed by atoms with van der Waals surface area (Å²) in [5.74, 6) is -0.113. The molecule has 0 atom stereocenters. The molecule has 3 heteroatoms. The van der Waals surface area contributed by atoms with Crippen molar-refractivity contribution in [1.82, 2.24) is 5.32 Å². The van der Waals surface area contributed by atoms with Gasteiger partial charge in [0.1, 0.15) is 0 Å². The molecular formula is C11H17NO2. The topological polar surface area (TPSA) is 52.5 Å². The van der Waals surface area contributed by atoms with E-state index >= 15 is 0 Å². The molecule has 78 valence electrons. The van der Waals surface area contributed by atoms with Crippen LogP contribution in [0.1, 0.15) is 19.4 Å². The molecule has 0 aliphatic carbocycles. The van der Waals surface area contributed by atoms with E-state index in [1.165, 1.54) is 6.07 Å². The minimum Gasteiger partial charge on any atom is -0.504 e.